The molecule has 9 nitrogen and oxygen atoms in total. The zero-order valence-electron chi connectivity index (χ0n) is 13.5. The minimum Gasteiger partial charge on any atom is -0.379 e. The predicted molar refractivity (Wildman–Crippen MR) is 93.2 cm³/mol. The Labute approximate surface area is 151 Å². The Morgan fingerprint density at radius 1 is 1.04 bits per heavy atom. The van der Waals surface area contributed by atoms with Gasteiger partial charge in [0, 0.05) is 50.4 Å². The number of hydrogen-bond donors (Lipinski definition) is 0. The zero-order valence-corrected chi connectivity index (χ0v) is 15.1. The molecule has 2 aliphatic heterocycles. The van der Waals surface area contributed by atoms with Gasteiger partial charge < -0.3 is 9.64 Å². The summed E-state index contributed by atoms with van der Waals surface area (Å²) in [5.74, 6) is 0. The fourth-order valence-corrected chi connectivity index (χ4v) is 4.74. The fourth-order valence-electron chi connectivity index (χ4n) is 3.01. The van der Waals surface area contributed by atoms with E-state index in [2.05, 4.69) is 0 Å². The number of nitro groups is 1. The summed E-state index contributed by atoms with van der Waals surface area (Å²) < 4.78 is 33.4. The van der Waals surface area contributed by atoms with Gasteiger partial charge in [0.1, 0.15) is 5.69 Å². The number of nitro benzene ring substituents is 1. The van der Waals surface area contributed by atoms with E-state index in [-0.39, 0.29) is 18.8 Å². The highest BCUT2D eigenvalue weighted by Crippen LogP contribution is 2.32. The Hall–Kier alpha value is -1.46. The number of hydrogen-bond acceptors (Lipinski definition) is 6. The molecule has 0 saturated carbocycles. The van der Waals surface area contributed by atoms with Crippen molar-refractivity contribution in [3.63, 3.8) is 0 Å². The van der Waals surface area contributed by atoms with Crippen LogP contribution in [-0.4, -0.2) is 74.4 Å². The van der Waals surface area contributed by atoms with Crippen molar-refractivity contribution in [1.82, 2.24) is 8.61 Å². The SMILES string of the molecule is O=[N+]([O-])c1cc(Cl)ccc1N1CCN(S(=O)(=O)N2CCOCC2)CC1. The molecule has 3 rings (SSSR count). The maximum Gasteiger partial charge on any atom is 0.294 e. The zero-order chi connectivity index (χ0) is 18.0. The molecule has 0 atom stereocenters. The van der Waals surface area contributed by atoms with Crippen molar-refractivity contribution in [2.24, 2.45) is 0 Å². The average molecular weight is 391 g/mol. The lowest BCUT2D eigenvalue weighted by Crippen LogP contribution is -2.55. The summed E-state index contributed by atoms with van der Waals surface area (Å²) in [6, 6.07) is 4.51. The van der Waals surface area contributed by atoms with E-state index in [4.69, 9.17) is 16.3 Å². The number of morpholine rings is 1. The Bertz CT molecular complexity index is 746. The Morgan fingerprint density at radius 3 is 2.24 bits per heavy atom. The lowest BCUT2D eigenvalue weighted by molar-refractivity contribution is -0.384. The molecule has 2 aliphatic rings. The summed E-state index contributed by atoms with van der Waals surface area (Å²) in [7, 11) is -3.52. The van der Waals surface area contributed by atoms with Crippen LogP contribution in [0.15, 0.2) is 18.2 Å². The summed E-state index contributed by atoms with van der Waals surface area (Å²) in [5.41, 5.74) is 0.384. The lowest BCUT2D eigenvalue weighted by Gasteiger charge is -2.38. The van der Waals surface area contributed by atoms with Crippen LogP contribution in [0.3, 0.4) is 0 Å². The van der Waals surface area contributed by atoms with Gasteiger partial charge in [-0.3, -0.25) is 10.1 Å². The van der Waals surface area contributed by atoms with Crippen LogP contribution < -0.4 is 4.90 Å². The third-order valence-electron chi connectivity index (χ3n) is 4.34. The molecule has 0 bridgehead atoms. The largest absolute Gasteiger partial charge is 0.379 e. The highest BCUT2D eigenvalue weighted by Gasteiger charge is 2.34. The van der Waals surface area contributed by atoms with Crippen LogP contribution in [0.4, 0.5) is 11.4 Å². The van der Waals surface area contributed by atoms with Crippen molar-refractivity contribution >= 4 is 33.2 Å². The normalized spacial score (nSPS) is 20.6. The van der Waals surface area contributed by atoms with Crippen molar-refractivity contribution in [3.8, 4) is 0 Å². The molecule has 2 fully saturated rings. The molecule has 2 heterocycles. The van der Waals surface area contributed by atoms with Gasteiger partial charge in [-0.2, -0.15) is 17.0 Å². The first kappa shape index (κ1) is 18.3. The van der Waals surface area contributed by atoms with Gasteiger partial charge in [0.15, 0.2) is 0 Å². The molecule has 0 N–H and O–H groups in total. The molecule has 1 aromatic carbocycles. The van der Waals surface area contributed by atoms with Gasteiger partial charge in [0.25, 0.3) is 15.9 Å². The fraction of sp³-hybridized carbons (Fsp3) is 0.571. The minimum atomic E-state index is -3.52. The van der Waals surface area contributed by atoms with Crippen LogP contribution in [-0.2, 0) is 14.9 Å². The van der Waals surface area contributed by atoms with Crippen LogP contribution in [0.5, 0.6) is 0 Å². The number of rotatable bonds is 4. The standard InChI is InChI=1S/C14H19ClN4O5S/c15-12-1-2-13(14(11-12)19(20)21)16-3-5-17(6-4-16)25(22,23)18-7-9-24-10-8-18/h1-2,11H,3-10H2. The summed E-state index contributed by atoms with van der Waals surface area (Å²) in [6.07, 6.45) is 0. The van der Waals surface area contributed by atoms with Crippen molar-refractivity contribution in [2.75, 3.05) is 57.4 Å². The Balaban J connectivity index is 1.71. The first-order chi connectivity index (χ1) is 11.9. The van der Waals surface area contributed by atoms with E-state index in [1.54, 1.807) is 12.1 Å². The third-order valence-corrected chi connectivity index (χ3v) is 6.61. The molecular formula is C14H19ClN4O5S. The van der Waals surface area contributed by atoms with Crippen LogP contribution in [0.2, 0.25) is 5.02 Å². The second-order valence-electron chi connectivity index (χ2n) is 5.80. The molecular weight excluding hydrogens is 372 g/mol. The third kappa shape index (κ3) is 3.87. The highest BCUT2D eigenvalue weighted by atomic mass is 35.5. The van der Waals surface area contributed by atoms with E-state index in [0.29, 0.717) is 50.1 Å². The maximum absolute atomic E-state index is 12.7. The van der Waals surface area contributed by atoms with Crippen molar-refractivity contribution in [1.29, 1.82) is 0 Å². The minimum absolute atomic E-state index is 0.0722. The quantitative estimate of drug-likeness (QED) is 0.561. The number of benzene rings is 1. The van der Waals surface area contributed by atoms with Gasteiger partial charge in [0.05, 0.1) is 18.1 Å². The highest BCUT2D eigenvalue weighted by molar-refractivity contribution is 7.86. The van der Waals surface area contributed by atoms with Gasteiger partial charge >= 0.3 is 0 Å². The second-order valence-corrected chi connectivity index (χ2v) is 8.16. The first-order valence-corrected chi connectivity index (χ1v) is 9.69. The van der Waals surface area contributed by atoms with E-state index in [1.807, 2.05) is 4.90 Å². The molecule has 0 spiro atoms. The summed E-state index contributed by atoms with van der Waals surface area (Å²) in [6.45, 7) is 2.82. The molecule has 0 amide bonds. The second kappa shape index (κ2) is 7.42. The first-order valence-electron chi connectivity index (χ1n) is 7.91. The number of nitrogens with zero attached hydrogens (tertiary/aromatic N) is 4. The molecule has 11 heteroatoms. The van der Waals surface area contributed by atoms with E-state index in [9.17, 15) is 18.5 Å². The molecule has 0 aromatic heterocycles. The van der Waals surface area contributed by atoms with Gasteiger partial charge in [-0.25, -0.2) is 0 Å². The molecule has 138 valence electrons. The number of ether oxygens (including phenoxy) is 1. The van der Waals surface area contributed by atoms with E-state index in [0.717, 1.165) is 0 Å². The van der Waals surface area contributed by atoms with Crippen molar-refractivity contribution in [2.45, 2.75) is 0 Å². The molecule has 0 unspecified atom stereocenters. The Kier molecular flexibility index (Phi) is 5.44. The van der Waals surface area contributed by atoms with Crippen LogP contribution in [0, 0.1) is 10.1 Å². The number of anilines is 1. The van der Waals surface area contributed by atoms with Crippen molar-refractivity contribution in [3.05, 3.63) is 33.3 Å². The van der Waals surface area contributed by atoms with Crippen LogP contribution >= 0.6 is 11.6 Å². The predicted octanol–water partition coefficient (Wildman–Crippen LogP) is 0.947. The molecule has 1 aromatic rings. The maximum atomic E-state index is 12.7. The Morgan fingerprint density at radius 2 is 1.64 bits per heavy atom. The molecule has 25 heavy (non-hydrogen) atoms. The summed E-state index contributed by atoms with van der Waals surface area (Å²) in [4.78, 5) is 12.6. The van der Waals surface area contributed by atoms with Crippen LogP contribution in [0.25, 0.3) is 0 Å². The molecule has 0 radical (unpaired) electrons. The molecule has 0 aliphatic carbocycles. The van der Waals surface area contributed by atoms with E-state index in [1.165, 1.54) is 14.7 Å². The van der Waals surface area contributed by atoms with E-state index < -0.39 is 15.1 Å². The number of piperazine rings is 1. The van der Waals surface area contributed by atoms with Crippen LogP contribution in [0.1, 0.15) is 0 Å². The smallest absolute Gasteiger partial charge is 0.294 e. The average Bonchev–Trinajstić information content (AvgIpc) is 2.62. The van der Waals surface area contributed by atoms with Crippen molar-refractivity contribution < 1.29 is 18.1 Å². The lowest BCUT2D eigenvalue weighted by atomic mass is 10.2. The summed E-state index contributed by atoms with van der Waals surface area (Å²) >= 11 is 5.84. The summed E-state index contributed by atoms with van der Waals surface area (Å²) in [5, 5.41) is 11.5. The van der Waals surface area contributed by atoms with Gasteiger partial charge in [-0.15, -0.1) is 0 Å². The number of halogens is 1. The van der Waals surface area contributed by atoms with Gasteiger partial charge in [-0.05, 0) is 12.1 Å². The molecule has 2 saturated heterocycles. The van der Waals surface area contributed by atoms with Gasteiger partial charge in [0.2, 0.25) is 0 Å². The van der Waals surface area contributed by atoms with E-state index >= 15 is 0 Å². The van der Waals surface area contributed by atoms with Gasteiger partial charge in [-0.1, -0.05) is 11.6 Å². The topological polar surface area (TPSA) is 96.2 Å². The monoisotopic (exact) mass is 390 g/mol.